The zero-order valence-corrected chi connectivity index (χ0v) is 21.2. The summed E-state index contributed by atoms with van der Waals surface area (Å²) in [5.41, 5.74) is 1.69. The number of H-pyrrole nitrogens is 1. The van der Waals surface area contributed by atoms with Crippen LogP contribution in [-0.2, 0) is 25.6 Å². The Morgan fingerprint density at radius 3 is 2.61 bits per heavy atom. The summed E-state index contributed by atoms with van der Waals surface area (Å²) in [4.78, 5) is 27.3. The number of nitrogens with zero attached hydrogens (tertiary/aromatic N) is 5. The van der Waals surface area contributed by atoms with Crippen LogP contribution >= 0.6 is 0 Å². The average molecular weight is 525 g/mol. The van der Waals surface area contributed by atoms with Gasteiger partial charge in [-0.15, -0.1) is 0 Å². The number of methoxy groups -OCH3 is 1. The fourth-order valence-corrected chi connectivity index (χ4v) is 4.91. The lowest BCUT2D eigenvalue weighted by molar-refractivity contribution is -0.141. The maximum absolute atomic E-state index is 14.0. The number of aryl methyl sites for hydroxylation is 1. The molecule has 11 heteroatoms. The van der Waals surface area contributed by atoms with Crippen molar-refractivity contribution in [3.63, 3.8) is 0 Å². The summed E-state index contributed by atoms with van der Waals surface area (Å²) >= 11 is 0. The third-order valence-electron chi connectivity index (χ3n) is 6.86. The molecule has 198 valence electrons. The van der Waals surface area contributed by atoms with Gasteiger partial charge in [-0.05, 0) is 49.1 Å². The van der Waals surface area contributed by atoms with Crippen molar-refractivity contribution in [2.45, 2.75) is 45.5 Å². The molecule has 1 unspecified atom stereocenters. The Labute approximate surface area is 217 Å². The Morgan fingerprint density at radius 2 is 1.92 bits per heavy atom. The second-order valence-corrected chi connectivity index (χ2v) is 9.17. The first-order valence-electron chi connectivity index (χ1n) is 12.3. The number of aromatic amines is 1. The second kappa shape index (κ2) is 9.96. The number of imidazole rings is 1. The topological polar surface area (TPSA) is 88.9 Å². The Morgan fingerprint density at radius 1 is 1.13 bits per heavy atom. The fourth-order valence-electron chi connectivity index (χ4n) is 4.91. The molecule has 4 heterocycles. The zero-order chi connectivity index (χ0) is 27.0. The highest BCUT2D eigenvalue weighted by Gasteiger charge is 2.39. The number of ether oxygens (including phenoxy) is 1. The largest absolute Gasteiger partial charge is 0.497 e. The highest BCUT2D eigenvalue weighted by atomic mass is 19.4. The van der Waals surface area contributed by atoms with Crippen LogP contribution in [0.1, 0.15) is 58.6 Å². The van der Waals surface area contributed by atoms with E-state index in [-0.39, 0.29) is 24.1 Å². The lowest BCUT2D eigenvalue weighted by atomic mass is 9.87. The van der Waals surface area contributed by atoms with E-state index in [1.165, 1.54) is 10.9 Å². The highest BCUT2D eigenvalue weighted by molar-refractivity contribution is 5.99. The SMILES string of the molecule is CCn1cc(-c2cc(Cc3ncc[nH]3)cc3c2CCN(C(C)c2cc(OC)ccn2)C3=O)c(C(F)(F)F)n1. The molecule has 0 bridgehead atoms. The van der Waals surface area contributed by atoms with E-state index < -0.39 is 11.9 Å². The molecular formula is C27H27F3N6O2. The van der Waals surface area contributed by atoms with Crippen molar-refractivity contribution in [3.8, 4) is 16.9 Å². The molecule has 0 radical (unpaired) electrons. The van der Waals surface area contributed by atoms with Crippen LogP contribution in [0.25, 0.3) is 11.1 Å². The van der Waals surface area contributed by atoms with E-state index in [9.17, 15) is 18.0 Å². The van der Waals surface area contributed by atoms with Crippen LogP contribution < -0.4 is 4.74 Å². The van der Waals surface area contributed by atoms with Gasteiger partial charge in [0.05, 0.1) is 18.8 Å². The molecule has 1 aliphatic rings. The van der Waals surface area contributed by atoms with Crippen molar-refractivity contribution < 1.29 is 22.7 Å². The van der Waals surface area contributed by atoms with E-state index >= 15 is 0 Å². The highest BCUT2D eigenvalue weighted by Crippen LogP contribution is 2.41. The predicted octanol–water partition coefficient (Wildman–Crippen LogP) is 5.07. The number of amides is 1. The molecule has 0 fully saturated rings. The number of rotatable bonds is 7. The normalized spacial score (nSPS) is 14.5. The number of halogens is 3. The predicted molar refractivity (Wildman–Crippen MR) is 134 cm³/mol. The first-order chi connectivity index (χ1) is 18.2. The fraction of sp³-hybridized carbons (Fsp3) is 0.333. The van der Waals surface area contributed by atoms with Crippen molar-refractivity contribution in [1.82, 2.24) is 29.6 Å². The Hall–Kier alpha value is -4.15. The molecule has 38 heavy (non-hydrogen) atoms. The van der Waals surface area contributed by atoms with E-state index in [0.717, 1.165) is 0 Å². The Kier molecular flexibility index (Phi) is 6.68. The molecule has 0 saturated heterocycles. The van der Waals surface area contributed by atoms with Crippen molar-refractivity contribution in [1.29, 1.82) is 0 Å². The van der Waals surface area contributed by atoms with Crippen molar-refractivity contribution in [3.05, 3.63) is 83.0 Å². The molecule has 1 N–H and O–H groups in total. The first kappa shape index (κ1) is 25.5. The van der Waals surface area contributed by atoms with Crippen LogP contribution in [0, 0.1) is 0 Å². The summed E-state index contributed by atoms with van der Waals surface area (Å²) in [7, 11) is 1.56. The number of carbonyl (C=O) groups is 1. The molecule has 4 aromatic rings. The summed E-state index contributed by atoms with van der Waals surface area (Å²) in [6.07, 6.45) is 2.40. The van der Waals surface area contributed by atoms with E-state index in [2.05, 4.69) is 20.1 Å². The van der Waals surface area contributed by atoms with Crippen LogP contribution in [0.4, 0.5) is 13.2 Å². The van der Waals surface area contributed by atoms with E-state index in [4.69, 9.17) is 4.74 Å². The number of alkyl halides is 3. The molecule has 5 rings (SSSR count). The van der Waals surface area contributed by atoms with E-state index in [1.807, 2.05) is 6.92 Å². The van der Waals surface area contributed by atoms with Gasteiger partial charge in [0.25, 0.3) is 5.91 Å². The van der Waals surface area contributed by atoms with Crippen LogP contribution in [0.2, 0.25) is 0 Å². The molecule has 1 amide bonds. The van der Waals surface area contributed by atoms with Gasteiger partial charge in [0.1, 0.15) is 11.6 Å². The minimum Gasteiger partial charge on any atom is -0.497 e. The van der Waals surface area contributed by atoms with Crippen LogP contribution in [0.5, 0.6) is 5.75 Å². The van der Waals surface area contributed by atoms with E-state index in [1.54, 1.807) is 61.8 Å². The van der Waals surface area contributed by atoms with Crippen molar-refractivity contribution in [2.75, 3.05) is 13.7 Å². The number of pyridine rings is 1. The number of aromatic nitrogens is 5. The van der Waals surface area contributed by atoms with Gasteiger partial charge < -0.3 is 14.6 Å². The quantitative estimate of drug-likeness (QED) is 0.365. The molecular weight excluding hydrogens is 497 g/mol. The summed E-state index contributed by atoms with van der Waals surface area (Å²) in [5, 5.41) is 3.81. The third-order valence-corrected chi connectivity index (χ3v) is 6.86. The molecule has 3 aromatic heterocycles. The van der Waals surface area contributed by atoms with Crippen molar-refractivity contribution in [2.24, 2.45) is 0 Å². The Bertz CT molecular complexity index is 1460. The number of carbonyl (C=O) groups excluding carboxylic acids is 1. The van der Waals surface area contributed by atoms with E-state index in [0.29, 0.717) is 58.9 Å². The third kappa shape index (κ3) is 4.75. The number of hydrogen-bond donors (Lipinski definition) is 1. The molecule has 0 saturated carbocycles. The summed E-state index contributed by atoms with van der Waals surface area (Å²) < 4.78 is 48.7. The van der Waals surface area contributed by atoms with Crippen LogP contribution in [-0.4, -0.2) is 49.2 Å². The van der Waals surface area contributed by atoms with Gasteiger partial charge in [-0.25, -0.2) is 4.98 Å². The first-order valence-corrected chi connectivity index (χ1v) is 12.3. The second-order valence-electron chi connectivity index (χ2n) is 9.17. The lowest BCUT2D eigenvalue weighted by Crippen LogP contribution is -2.40. The number of benzene rings is 1. The smallest absolute Gasteiger partial charge is 0.435 e. The molecule has 1 aliphatic heterocycles. The molecule has 8 nitrogen and oxygen atoms in total. The van der Waals surface area contributed by atoms with Gasteiger partial charge in [-0.3, -0.25) is 14.5 Å². The minimum absolute atomic E-state index is 0.0272. The Balaban J connectivity index is 1.62. The minimum atomic E-state index is -4.64. The van der Waals surface area contributed by atoms with Gasteiger partial charge in [0, 0.05) is 61.5 Å². The van der Waals surface area contributed by atoms with Crippen LogP contribution in [0.15, 0.2) is 49.1 Å². The maximum atomic E-state index is 14.0. The lowest BCUT2D eigenvalue weighted by Gasteiger charge is -2.34. The summed E-state index contributed by atoms with van der Waals surface area (Å²) in [6.45, 7) is 4.23. The average Bonchev–Trinajstić information content (AvgIpc) is 3.58. The van der Waals surface area contributed by atoms with Gasteiger partial charge in [0.2, 0.25) is 0 Å². The van der Waals surface area contributed by atoms with Gasteiger partial charge >= 0.3 is 6.18 Å². The van der Waals surface area contributed by atoms with Crippen molar-refractivity contribution >= 4 is 5.91 Å². The van der Waals surface area contributed by atoms with Gasteiger partial charge in [0.15, 0.2) is 5.69 Å². The molecule has 0 aliphatic carbocycles. The number of hydrogen-bond acceptors (Lipinski definition) is 5. The summed E-state index contributed by atoms with van der Waals surface area (Å²) in [6, 6.07) is 6.63. The van der Waals surface area contributed by atoms with Gasteiger partial charge in [-0.1, -0.05) is 6.07 Å². The van der Waals surface area contributed by atoms with Gasteiger partial charge in [-0.2, -0.15) is 18.3 Å². The summed E-state index contributed by atoms with van der Waals surface area (Å²) in [5.74, 6) is 1.01. The standard InChI is InChI=1S/C27H27F3N6O2/c1-4-35-15-22(25(34-35)27(28,29)30)20-11-17(13-24-32-8-9-33-24)12-21-19(20)6-10-36(26(21)37)16(2)23-14-18(38-3)5-7-31-23/h5,7-9,11-12,14-16H,4,6,10,13H2,1-3H3,(H,32,33). The number of nitrogens with one attached hydrogen (secondary N) is 1. The molecule has 0 spiro atoms. The molecule has 1 atom stereocenters. The van der Waals surface area contributed by atoms with Crippen LogP contribution in [0.3, 0.4) is 0 Å². The monoisotopic (exact) mass is 524 g/mol. The number of fused-ring (bicyclic) bond motifs is 1. The zero-order valence-electron chi connectivity index (χ0n) is 21.2. The maximum Gasteiger partial charge on any atom is 0.435 e. The molecule has 1 aromatic carbocycles.